The van der Waals surface area contributed by atoms with Crippen molar-refractivity contribution in [2.45, 2.75) is 56.7 Å². The lowest BCUT2D eigenvalue weighted by molar-refractivity contribution is -0.138. The van der Waals surface area contributed by atoms with Gasteiger partial charge in [-0.15, -0.1) is 0 Å². The molecule has 8 nitrogen and oxygen atoms in total. The third-order valence-electron chi connectivity index (χ3n) is 7.72. The van der Waals surface area contributed by atoms with Gasteiger partial charge in [-0.05, 0) is 82.9 Å². The molecule has 2 aliphatic rings. The van der Waals surface area contributed by atoms with Crippen molar-refractivity contribution < 1.29 is 22.7 Å². The van der Waals surface area contributed by atoms with Crippen molar-refractivity contribution in [1.82, 2.24) is 14.7 Å². The minimum Gasteiger partial charge on any atom is -0.497 e. The van der Waals surface area contributed by atoms with Crippen molar-refractivity contribution >= 4 is 15.7 Å². The van der Waals surface area contributed by atoms with Crippen LogP contribution in [0.4, 0.5) is 0 Å². The van der Waals surface area contributed by atoms with Crippen LogP contribution in [-0.2, 0) is 19.4 Å². The molecular formula is C26H43N3O5S. The molecule has 0 radical (unpaired) electrons. The van der Waals surface area contributed by atoms with Crippen LogP contribution in [0.25, 0.3) is 0 Å². The van der Waals surface area contributed by atoms with Gasteiger partial charge in [-0.3, -0.25) is 9.69 Å². The van der Waals surface area contributed by atoms with Gasteiger partial charge in [0.15, 0.2) is 9.84 Å². The Balaban J connectivity index is 1.47. The van der Waals surface area contributed by atoms with E-state index >= 15 is 0 Å². The molecule has 0 aromatic heterocycles. The van der Waals surface area contributed by atoms with E-state index in [1.165, 1.54) is 12.8 Å². The summed E-state index contributed by atoms with van der Waals surface area (Å²) in [7, 11) is 0.187. The first-order chi connectivity index (χ1) is 16.5. The Morgan fingerprint density at radius 1 is 1.03 bits per heavy atom. The van der Waals surface area contributed by atoms with Crippen molar-refractivity contribution in [3.8, 4) is 5.75 Å². The summed E-state index contributed by atoms with van der Waals surface area (Å²) in [4.78, 5) is 19.8. The van der Waals surface area contributed by atoms with Crippen molar-refractivity contribution in [2.24, 2.45) is 5.92 Å². The van der Waals surface area contributed by atoms with E-state index in [4.69, 9.17) is 9.47 Å². The molecule has 2 saturated heterocycles. The number of piperazine rings is 1. The van der Waals surface area contributed by atoms with Crippen LogP contribution < -0.4 is 4.74 Å². The Morgan fingerprint density at radius 2 is 1.60 bits per heavy atom. The third kappa shape index (κ3) is 6.76. The Hall–Kier alpha value is -1.68. The predicted octanol–water partition coefficient (Wildman–Crippen LogP) is 2.37. The summed E-state index contributed by atoms with van der Waals surface area (Å²) in [5.74, 6) is 0.376. The highest BCUT2D eigenvalue weighted by Gasteiger charge is 2.32. The molecular weight excluding hydrogens is 466 g/mol. The smallest absolute Gasteiger partial charge is 0.248 e. The third-order valence-corrected chi connectivity index (χ3v) is 10.4. The summed E-state index contributed by atoms with van der Waals surface area (Å²) >= 11 is 0. The van der Waals surface area contributed by atoms with Crippen LogP contribution in [0, 0.1) is 19.8 Å². The molecule has 2 fully saturated rings. The molecule has 0 N–H and O–H groups in total. The van der Waals surface area contributed by atoms with Gasteiger partial charge in [-0.1, -0.05) is 6.92 Å². The SMILES string of the molecule is COc1cc(C)c(S(=O)(=O)C(C)C(C)COCC(=O)N2CCN(C3CCN(C)CC3)CC2)c(C)c1. The average Bonchev–Trinajstić information content (AvgIpc) is 2.83. The lowest BCUT2D eigenvalue weighted by Crippen LogP contribution is -2.54. The summed E-state index contributed by atoms with van der Waals surface area (Å²) in [5, 5.41) is -0.638. The molecule has 2 atom stereocenters. The molecule has 0 aliphatic carbocycles. The van der Waals surface area contributed by atoms with Gasteiger partial charge >= 0.3 is 0 Å². The maximum Gasteiger partial charge on any atom is 0.248 e. The number of rotatable bonds is 9. The summed E-state index contributed by atoms with van der Waals surface area (Å²) in [6.07, 6.45) is 2.39. The van der Waals surface area contributed by atoms with Crippen molar-refractivity contribution in [2.75, 3.05) is 66.6 Å². The Morgan fingerprint density at radius 3 is 2.14 bits per heavy atom. The molecule has 198 valence electrons. The molecule has 2 unspecified atom stereocenters. The largest absolute Gasteiger partial charge is 0.497 e. The van der Waals surface area contributed by atoms with Crippen LogP contribution in [0.15, 0.2) is 17.0 Å². The van der Waals surface area contributed by atoms with Gasteiger partial charge in [0.25, 0.3) is 0 Å². The molecule has 1 aromatic carbocycles. The van der Waals surface area contributed by atoms with Gasteiger partial charge in [-0.2, -0.15) is 0 Å². The molecule has 1 amide bonds. The van der Waals surface area contributed by atoms with Crippen molar-refractivity contribution in [3.63, 3.8) is 0 Å². The first kappa shape index (κ1) is 27.9. The number of benzene rings is 1. The normalized spacial score (nSPS) is 20.6. The molecule has 0 spiro atoms. The lowest BCUT2D eigenvalue weighted by Gasteiger charge is -2.42. The maximum atomic E-state index is 13.4. The minimum atomic E-state index is -3.56. The highest BCUT2D eigenvalue weighted by molar-refractivity contribution is 7.92. The summed E-state index contributed by atoms with van der Waals surface area (Å²) in [5.41, 5.74) is 1.35. The second kappa shape index (κ2) is 12.0. The molecule has 2 aliphatic heterocycles. The number of methoxy groups -OCH3 is 1. The standard InChI is InChI=1S/C26H43N3O5S/c1-19-15-24(33-6)16-20(2)26(19)35(31,32)22(4)21(3)17-34-18-25(30)29-13-11-28(12-14-29)23-7-9-27(5)10-8-23/h15-16,21-23H,7-14,17-18H2,1-6H3. The number of likely N-dealkylation sites (tertiary alicyclic amines) is 1. The highest BCUT2D eigenvalue weighted by atomic mass is 32.2. The van der Waals surface area contributed by atoms with Crippen LogP contribution in [0.1, 0.15) is 37.8 Å². The van der Waals surface area contributed by atoms with E-state index in [9.17, 15) is 13.2 Å². The van der Waals surface area contributed by atoms with Gasteiger partial charge in [0.05, 0.1) is 23.9 Å². The number of amides is 1. The first-order valence-electron chi connectivity index (χ1n) is 12.7. The zero-order valence-electron chi connectivity index (χ0n) is 22.2. The minimum absolute atomic E-state index is 0.00801. The Labute approximate surface area is 211 Å². The molecule has 3 rings (SSSR count). The van der Waals surface area contributed by atoms with Gasteiger partial charge in [0.1, 0.15) is 12.4 Å². The Bertz CT molecular complexity index is 944. The van der Waals surface area contributed by atoms with Crippen molar-refractivity contribution in [3.05, 3.63) is 23.3 Å². The van der Waals surface area contributed by atoms with E-state index in [0.717, 1.165) is 39.3 Å². The molecule has 0 saturated carbocycles. The number of hydrogen-bond acceptors (Lipinski definition) is 7. The number of ether oxygens (including phenoxy) is 2. The first-order valence-corrected chi connectivity index (χ1v) is 14.3. The fourth-order valence-corrected chi connectivity index (χ4v) is 7.30. The number of piperidine rings is 1. The topological polar surface area (TPSA) is 79.4 Å². The zero-order chi connectivity index (χ0) is 25.8. The van der Waals surface area contributed by atoms with Crippen LogP contribution in [0.3, 0.4) is 0 Å². The number of aryl methyl sites for hydroxylation is 2. The summed E-state index contributed by atoms with van der Waals surface area (Å²) < 4.78 is 37.7. The fourth-order valence-electron chi connectivity index (χ4n) is 5.22. The maximum absolute atomic E-state index is 13.4. The number of nitrogens with zero attached hydrogens (tertiary/aromatic N) is 3. The van der Waals surface area contributed by atoms with E-state index in [1.807, 2.05) is 11.8 Å². The van der Waals surface area contributed by atoms with E-state index in [1.54, 1.807) is 40.0 Å². The number of hydrogen-bond donors (Lipinski definition) is 0. The summed E-state index contributed by atoms with van der Waals surface area (Å²) in [6, 6.07) is 4.12. The number of sulfone groups is 1. The van der Waals surface area contributed by atoms with Gasteiger partial charge in [0.2, 0.25) is 5.91 Å². The molecule has 1 aromatic rings. The van der Waals surface area contributed by atoms with Crippen LogP contribution >= 0.6 is 0 Å². The second-order valence-electron chi connectivity index (χ2n) is 10.3. The van der Waals surface area contributed by atoms with Gasteiger partial charge in [0, 0.05) is 32.2 Å². The lowest BCUT2D eigenvalue weighted by atomic mass is 10.0. The van der Waals surface area contributed by atoms with Gasteiger partial charge < -0.3 is 19.3 Å². The molecule has 0 bridgehead atoms. The number of carbonyl (C=O) groups is 1. The van der Waals surface area contributed by atoms with Crippen molar-refractivity contribution in [1.29, 1.82) is 0 Å². The zero-order valence-corrected chi connectivity index (χ0v) is 23.1. The molecule has 2 heterocycles. The van der Waals surface area contributed by atoms with Crippen LogP contribution in [-0.4, -0.2) is 107 Å². The second-order valence-corrected chi connectivity index (χ2v) is 12.5. The quantitative estimate of drug-likeness (QED) is 0.506. The van der Waals surface area contributed by atoms with E-state index in [0.29, 0.717) is 27.8 Å². The van der Waals surface area contributed by atoms with Crippen LogP contribution in [0.5, 0.6) is 5.75 Å². The Kier molecular flexibility index (Phi) is 9.60. The number of carbonyl (C=O) groups excluding carboxylic acids is 1. The van der Waals surface area contributed by atoms with Gasteiger partial charge in [-0.25, -0.2) is 8.42 Å². The van der Waals surface area contributed by atoms with Crippen LogP contribution in [0.2, 0.25) is 0 Å². The van der Waals surface area contributed by atoms with E-state index in [-0.39, 0.29) is 25.0 Å². The summed E-state index contributed by atoms with van der Waals surface area (Å²) in [6.45, 7) is 12.9. The highest BCUT2D eigenvalue weighted by Crippen LogP contribution is 2.30. The molecule has 9 heteroatoms. The molecule has 35 heavy (non-hydrogen) atoms. The fraction of sp³-hybridized carbons (Fsp3) is 0.731. The van der Waals surface area contributed by atoms with E-state index < -0.39 is 15.1 Å². The average molecular weight is 510 g/mol. The monoisotopic (exact) mass is 509 g/mol. The predicted molar refractivity (Wildman–Crippen MR) is 138 cm³/mol. The van der Waals surface area contributed by atoms with E-state index in [2.05, 4.69) is 16.8 Å².